The van der Waals surface area contributed by atoms with E-state index in [1.54, 1.807) is 19.1 Å². The SMILES string of the molecule is Cc1cc(O)ccc1NC(=O)c1cccc(S(C)(=O)=O)c1. The van der Waals surface area contributed by atoms with Gasteiger partial charge in [0.15, 0.2) is 9.84 Å². The lowest BCUT2D eigenvalue weighted by Gasteiger charge is -2.09. The van der Waals surface area contributed by atoms with E-state index in [0.717, 1.165) is 6.26 Å². The second-order valence-corrected chi connectivity index (χ2v) is 6.77. The molecule has 0 radical (unpaired) electrons. The molecule has 2 aromatic carbocycles. The van der Waals surface area contributed by atoms with Crippen molar-refractivity contribution in [1.82, 2.24) is 0 Å². The molecule has 0 saturated carbocycles. The molecule has 0 aliphatic carbocycles. The predicted octanol–water partition coefficient (Wildman–Crippen LogP) is 2.36. The highest BCUT2D eigenvalue weighted by Crippen LogP contribution is 2.21. The Balaban J connectivity index is 2.29. The Kier molecular flexibility index (Phi) is 3.99. The molecule has 0 aromatic heterocycles. The van der Waals surface area contributed by atoms with Crippen LogP contribution in [0.25, 0.3) is 0 Å². The summed E-state index contributed by atoms with van der Waals surface area (Å²) in [7, 11) is -3.36. The molecule has 2 N–H and O–H groups in total. The Morgan fingerprint density at radius 1 is 1.14 bits per heavy atom. The number of phenols is 1. The predicted molar refractivity (Wildman–Crippen MR) is 80.3 cm³/mol. The normalized spacial score (nSPS) is 11.1. The van der Waals surface area contributed by atoms with Crippen LogP contribution in [0.1, 0.15) is 15.9 Å². The Hall–Kier alpha value is -2.34. The molecule has 0 spiro atoms. The van der Waals surface area contributed by atoms with Crippen molar-refractivity contribution in [3.63, 3.8) is 0 Å². The number of carbonyl (C=O) groups excluding carboxylic acids is 1. The van der Waals surface area contributed by atoms with Gasteiger partial charge in [0.05, 0.1) is 4.90 Å². The highest BCUT2D eigenvalue weighted by molar-refractivity contribution is 7.90. The van der Waals surface area contributed by atoms with Crippen LogP contribution in [0, 0.1) is 6.92 Å². The van der Waals surface area contributed by atoms with Crippen LogP contribution in [-0.2, 0) is 9.84 Å². The number of hydrogen-bond acceptors (Lipinski definition) is 4. The molecule has 5 nitrogen and oxygen atoms in total. The van der Waals surface area contributed by atoms with Gasteiger partial charge in [0.2, 0.25) is 0 Å². The van der Waals surface area contributed by atoms with Crippen molar-refractivity contribution in [2.24, 2.45) is 0 Å². The second-order valence-electron chi connectivity index (χ2n) is 4.75. The summed E-state index contributed by atoms with van der Waals surface area (Å²) in [4.78, 5) is 12.3. The highest BCUT2D eigenvalue weighted by atomic mass is 32.2. The van der Waals surface area contributed by atoms with Crippen LogP contribution in [0.3, 0.4) is 0 Å². The summed E-state index contributed by atoms with van der Waals surface area (Å²) in [6.07, 6.45) is 1.09. The topological polar surface area (TPSA) is 83.5 Å². The van der Waals surface area contributed by atoms with E-state index in [1.807, 2.05) is 0 Å². The number of amides is 1. The maximum atomic E-state index is 12.2. The molecule has 0 saturated heterocycles. The van der Waals surface area contributed by atoms with Gasteiger partial charge >= 0.3 is 0 Å². The first-order valence-corrected chi connectivity index (χ1v) is 8.07. The summed E-state index contributed by atoms with van der Waals surface area (Å²) < 4.78 is 23.0. The third kappa shape index (κ3) is 3.61. The van der Waals surface area contributed by atoms with Gasteiger partial charge in [-0.25, -0.2) is 8.42 Å². The third-order valence-corrected chi connectivity index (χ3v) is 4.09. The fourth-order valence-corrected chi connectivity index (χ4v) is 2.52. The van der Waals surface area contributed by atoms with Gasteiger partial charge in [-0.2, -0.15) is 0 Å². The minimum absolute atomic E-state index is 0.0950. The van der Waals surface area contributed by atoms with Crippen LogP contribution in [0.4, 0.5) is 5.69 Å². The quantitative estimate of drug-likeness (QED) is 0.853. The molecule has 0 unspecified atom stereocenters. The number of aryl methyl sites for hydroxylation is 1. The van der Waals surface area contributed by atoms with Crippen LogP contribution in [-0.4, -0.2) is 25.7 Å². The van der Waals surface area contributed by atoms with E-state index in [4.69, 9.17) is 0 Å². The molecule has 110 valence electrons. The first-order valence-electron chi connectivity index (χ1n) is 6.18. The highest BCUT2D eigenvalue weighted by Gasteiger charge is 2.12. The first kappa shape index (κ1) is 15.1. The van der Waals surface area contributed by atoms with Crippen LogP contribution >= 0.6 is 0 Å². The Labute approximate surface area is 123 Å². The molecule has 0 atom stereocenters. The largest absolute Gasteiger partial charge is 0.508 e. The van der Waals surface area contributed by atoms with E-state index < -0.39 is 15.7 Å². The first-order chi connectivity index (χ1) is 9.77. The van der Waals surface area contributed by atoms with Crippen molar-refractivity contribution in [2.45, 2.75) is 11.8 Å². The molecule has 6 heteroatoms. The molecule has 0 aliphatic heterocycles. The van der Waals surface area contributed by atoms with E-state index in [1.165, 1.54) is 30.3 Å². The molecule has 0 bridgehead atoms. The zero-order valence-electron chi connectivity index (χ0n) is 11.6. The lowest BCUT2D eigenvalue weighted by molar-refractivity contribution is 0.102. The molecular weight excluding hydrogens is 290 g/mol. The van der Waals surface area contributed by atoms with Crippen molar-refractivity contribution in [2.75, 3.05) is 11.6 Å². The Bertz CT molecular complexity index is 797. The van der Waals surface area contributed by atoms with Gasteiger partial charge in [-0.3, -0.25) is 4.79 Å². The molecule has 21 heavy (non-hydrogen) atoms. The van der Waals surface area contributed by atoms with Crippen molar-refractivity contribution in [1.29, 1.82) is 0 Å². The Morgan fingerprint density at radius 2 is 1.86 bits per heavy atom. The lowest BCUT2D eigenvalue weighted by Crippen LogP contribution is -2.13. The molecule has 2 aromatic rings. The number of sulfone groups is 1. The zero-order chi connectivity index (χ0) is 15.6. The fraction of sp³-hybridized carbons (Fsp3) is 0.133. The van der Waals surface area contributed by atoms with Crippen molar-refractivity contribution >= 4 is 21.4 Å². The Morgan fingerprint density at radius 3 is 2.48 bits per heavy atom. The van der Waals surface area contributed by atoms with Crippen molar-refractivity contribution in [3.05, 3.63) is 53.6 Å². The molecule has 0 fully saturated rings. The van der Waals surface area contributed by atoms with E-state index in [9.17, 15) is 18.3 Å². The van der Waals surface area contributed by atoms with Crippen molar-refractivity contribution in [3.8, 4) is 5.75 Å². The minimum Gasteiger partial charge on any atom is -0.508 e. The summed E-state index contributed by atoms with van der Waals surface area (Å²) in [5, 5.41) is 12.0. The van der Waals surface area contributed by atoms with E-state index in [2.05, 4.69) is 5.32 Å². The van der Waals surface area contributed by atoms with Crippen LogP contribution in [0.2, 0.25) is 0 Å². The number of aromatic hydroxyl groups is 1. The fourth-order valence-electron chi connectivity index (χ4n) is 1.85. The van der Waals surface area contributed by atoms with Gasteiger partial charge in [-0.15, -0.1) is 0 Å². The van der Waals surface area contributed by atoms with Crippen LogP contribution < -0.4 is 5.32 Å². The third-order valence-electron chi connectivity index (χ3n) is 2.98. The number of carbonyl (C=O) groups is 1. The van der Waals surface area contributed by atoms with Gasteiger partial charge < -0.3 is 10.4 Å². The number of benzene rings is 2. The van der Waals surface area contributed by atoms with E-state index in [0.29, 0.717) is 11.3 Å². The summed E-state index contributed by atoms with van der Waals surface area (Å²) in [6.45, 7) is 1.75. The number of hydrogen-bond donors (Lipinski definition) is 2. The molecule has 0 heterocycles. The lowest BCUT2D eigenvalue weighted by atomic mass is 10.1. The molecule has 2 rings (SSSR count). The van der Waals surface area contributed by atoms with E-state index in [-0.39, 0.29) is 16.2 Å². The van der Waals surface area contributed by atoms with Gasteiger partial charge in [0.25, 0.3) is 5.91 Å². The maximum absolute atomic E-state index is 12.2. The van der Waals surface area contributed by atoms with Gasteiger partial charge in [-0.05, 0) is 48.9 Å². The maximum Gasteiger partial charge on any atom is 0.255 e. The average molecular weight is 305 g/mol. The molecule has 0 aliphatic rings. The van der Waals surface area contributed by atoms with Gasteiger partial charge in [0, 0.05) is 17.5 Å². The van der Waals surface area contributed by atoms with Gasteiger partial charge in [-0.1, -0.05) is 6.07 Å². The van der Waals surface area contributed by atoms with E-state index >= 15 is 0 Å². The minimum atomic E-state index is -3.36. The smallest absolute Gasteiger partial charge is 0.255 e. The molecular formula is C15H15NO4S. The number of phenolic OH excluding ortho intramolecular Hbond substituents is 1. The standard InChI is InChI=1S/C15H15NO4S/c1-10-8-12(17)6-7-14(10)16-15(18)11-4-3-5-13(9-11)21(2,19)20/h3-9,17H,1-2H3,(H,16,18). The monoisotopic (exact) mass is 305 g/mol. The number of nitrogens with one attached hydrogen (secondary N) is 1. The molecule has 1 amide bonds. The number of anilines is 1. The summed E-state index contributed by atoms with van der Waals surface area (Å²) >= 11 is 0. The summed E-state index contributed by atoms with van der Waals surface area (Å²) in [6, 6.07) is 10.4. The van der Waals surface area contributed by atoms with Gasteiger partial charge in [0.1, 0.15) is 5.75 Å². The van der Waals surface area contributed by atoms with Crippen LogP contribution in [0.5, 0.6) is 5.75 Å². The average Bonchev–Trinajstić information content (AvgIpc) is 2.41. The zero-order valence-corrected chi connectivity index (χ0v) is 12.4. The number of rotatable bonds is 3. The van der Waals surface area contributed by atoms with Crippen LogP contribution in [0.15, 0.2) is 47.4 Å². The summed E-state index contributed by atoms with van der Waals surface area (Å²) in [5.41, 5.74) is 1.52. The summed E-state index contributed by atoms with van der Waals surface area (Å²) in [5.74, 6) is -0.293. The second kappa shape index (κ2) is 5.57. The van der Waals surface area contributed by atoms with Crippen molar-refractivity contribution < 1.29 is 18.3 Å².